The summed E-state index contributed by atoms with van der Waals surface area (Å²) in [5, 5.41) is 2.87. The van der Waals surface area contributed by atoms with Crippen molar-refractivity contribution in [2.45, 2.75) is 19.4 Å². The zero-order chi connectivity index (χ0) is 13.4. The molecule has 1 amide bonds. The van der Waals surface area contributed by atoms with E-state index in [0.717, 1.165) is 18.4 Å². The third kappa shape index (κ3) is 2.38. The van der Waals surface area contributed by atoms with Gasteiger partial charge in [0, 0.05) is 25.1 Å². The predicted octanol–water partition coefficient (Wildman–Crippen LogP) is 1.28. The van der Waals surface area contributed by atoms with Crippen LogP contribution in [0.1, 0.15) is 12.8 Å². The van der Waals surface area contributed by atoms with Crippen LogP contribution in [-0.2, 0) is 11.3 Å². The van der Waals surface area contributed by atoms with Gasteiger partial charge in [-0.05, 0) is 25.0 Å². The Balaban J connectivity index is 1.72. The van der Waals surface area contributed by atoms with Crippen LogP contribution in [0.2, 0.25) is 0 Å². The van der Waals surface area contributed by atoms with Crippen LogP contribution in [-0.4, -0.2) is 22.0 Å². The molecule has 1 aliphatic carbocycles. The summed E-state index contributed by atoms with van der Waals surface area (Å²) in [5.41, 5.74) is 7.12. The lowest BCUT2D eigenvalue weighted by Gasteiger charge is -2.07. The smallest absolute Gasteiger partial charge is 0.223 e. The highest BCUT2D eigenvalue weighted by Gasteiger charge is 2.29. The van der Waals surface area contributed by atoms with Crippen molar-refractivity contribution in [3.8, 4) is 0 Å². The second-order valence-corrected chi connectivity index (χ2v) is 4.82. The molecule has 0 aliphatic heterocycles. The molecule has 1 aromatic carbocycles. The number of rotatable bonds is 4. The average Bonchev–Trinajstić information content (AvgIpc) is 3.16. The number of benzene rings is 1. The minimum absolute atomic E-state index is 0.106. The minimum atomic E-state index is -0.334. The van der Waals surface area contributed by atoms with E-state index in [1.807, 2.05) is 0 Å². The van der Waals surface area contributed by atoms with Crippen LogP contribution in [0.4, 0.5) is 10.3 Å². The molecular weight excluding hydrogens is 247 g/mol. The van der Waals surface area contributed by atoms with Crippen LogP contribution in [0.5, 0.6) is 0 Å². The summed E-state index contributed by atoms with van der Waals surface area (Å²) in [6.07, 6.45) is 1.97. The van der Waals surface area contributed by atoms with Crippen molar-refractivity contribution in [3.05, 3.63) is 24.0 Å². The lowest BCUT2D eigenvalue weighted by atomic mass is 10.3. The van der Waals surface area contributed by atoms with Crippen LogP contribution in [0, 0.1) is 11.7 Å². The van der Waals surface area contributed by atoms with Crippen LogP contribution >= 0.6 is 0 Å². The largest absolute Gasteiger partial charge is 0.369 e. The molecule has 1 saturated carbocycles. The van der Waals surface area contributed by atoms with Crippen molar-refractivity contribution >= 4 is 22.9 Å². The molecule has 3 rings (SSSR count). The highest BCUT2D eigenvalue weighted by molar-refractivity contribution is 5.81. The van der Waals surface area contributed by atoms with Crippen molar-refractivity contribution < 1.29 is 9.18 Å². The van der Waals surface area contributed by atoms with Gasteiger partial charge in [0.15, 0.2) is 0 Å². The van der Waals surface area contributed by atoms with E-state index in [0.29, 0.717) is 24.6 Å². The number of amides is 1. The van der Waals surface area contributed by atoms with Crippen molar-refractivity contribution in [2.24, 2.45) is 5.92 Å². The third-order valence-electron chi connectivity index (χ3n) is 3.32. The quantitative estimate of drug-likeness (QED) is 0.871. The van der Waals surface area contributed by atoms with Crippen LogP contribution in [0.3, 0.4) is 0 Å². The highest BCUT2D eigenvalue weighted by atomic mass is 19.1. The molecule has 3 N–H and O–H groups in total. The van der Waals surface area contributed by atoms with Gasteiger partial charge in [0.1, 0.15) is 5.82 Å². The maximum Gasteiger partial charge on any atom is 0.223 e. The fraction of sp³-hybridized carbons (Fsp3) is 0.385. The summed E-state index contributed by atoms with van der Waals surface area (Å²) in [5.74, 6) is 0.306. The predicted molar refractivity (Wildman–Crippen MR) is 69.8 cm³/mol. The Morgan fingerprint density at radius 2 is 2.32 bits per heavy atom. The number of hydrogen-bond acceptors (Lipinski definition) is 3. The van der Waals surface area contributed by atoms with Gasteiger partial charge in [-0.2, -0.15) is 0 Å². The van der Waals surface area contributed by atoms with Crippen molar-refractivity contribution in [3.63, 3.8) is 0 Å². The zero-order valence-corrected chi connectivity index (χ0v) is 10.4. The standard InChI is InChI=1S/C13H15FN4O/c14-9-3-4-11-10(7-9)17-13(15)18(11)6-5-16-12(19)8-1-2-8/h3-4,7-8H,1-2,5-6H2,(H2,15,17)(H,16,19). The number of aromatic nitrogens is 2. The summed E-state index contributed by atoms with van der Waals surface area (Å²) in [7, 11) is 0. The molecule has 0 bridgehead atoms. The van der Waals surface area contributed by atoms with Crippen LogP contribution in [0.25, 0.3) is 11.0 Å². The van der Waals surface area contributed by atoms with Gasteiger partial charge in [-0.15, -0.1) is 0 Å². The van der Waals surface area contributed by atoms with E-state index in [-0.39, 0.29) is 17.6 Å². The molecule has 0 unspecified atom stereocenters. The van der Waals surface area contributed by atoms with E-state index in [1.165, 1.54) is 12.1 Å². The van der Waals surface area contributed by atoms with Gasteiger partial charge in [-0.1, -0.05) is 0 Å². The number of nitrogens with zero attached hydrogens (tertiary/aromatic N) is 2. The molecule has 0 atom stereocenters. The van der Waals surface area contributed by atoms with E-state index in [9.17, 15) is 9.18 Å². The maximum absolute atomic E-state index is 13.1. The van der Waals surface area contributed by atoms with E-state index in [4.69, 9.17) is 5.73 Å². The Bertz CT molecular complexity index is 633. The second kappa shape index (κ2) is 4.53. The normalized spacial score (nSPS) is 14.8. The topological polar surface area (TPSA) is 72.9 Å². The number of nitrogens with two attached hydrogens (primary N) is 1. The monoisotopic (exact) mass is 262 g/mol. The van der Waals surface area contributed by atoms with Gasteiger partial charge >= 0.3 is 0 Å². The number of nitrogen functional groups attached to an aromatic ring is 1. The number of halogens is 1. The number of fused-ring (bicyclic) bond motifs is 1. The molecule has 0 saturated heterocycles. The molecule has 0 radical (unpaired) electrons. The molecule has 2 aromatic rings. The number of carbonyl (C=O) groups is 1. The van der Waals surface area contributed by atoms with Gasteiger partial charge < -0.3 is 15.6 Å². The first-order valence-corrected chi connectivity index (χ1v) is 6.34. The summed E-state index contributed by atoms with van der Waals surface area (Å²) in [6.45, 7) is 1.04. The first-order chi connectivity index (χ1) is 9.15. The Morgan fingerprint density at radius 1 is 1.53 bits per heavy atom. The lowest BCUT2D eigenvalue weighted by Crippen LogP contribution is -2.28. The summed E-state index contributed by atoms with van der Waals surface area (Å²) in [4.78, 5) is 15.6. The van der Waals surface area contributed by atoms with Gasteiger partial charge in [-0.3, -0.25) is 4.79 Å². The summed E-state index contributed by atoms with van der Waals surface area (Å²) in [6, 6.07) is 4.38. The van der Waals surface area contributed by atoms with E-state index >= 15 is 0 Å². The molecule has 100 valence electrons. The van der Waals surface area contributed by atoms with Crippen LogP contribution < -0.4 is 11.1 Å². The molecule has 1 heterocycles. The van der Waals surface area contributed by atoms with Crippen LogP contribution in [0.15, 0.2) is 18.2 Å². The second-order valence-electron chi connectivity index (χ2n) is 4.82. The molecule has 1 aliphatic rings. The number of carbonyl (C=O) groups excluding carboxylic acids is 1. The lowest BCUT2D eigenvalue weighted by molar-refractivity contribution is -0.122. The Hall–Kier alpha value is -2.11. The van der Waals surface area contributed by atoms with Gasteiger partial charge in [0.25, 0.3) is 0 Å². The Labute approximate surface area is 109 Å². The average molecular weight is 262 g/mol. The van der Waals surface area contributed by atoms with Gasteiger partial charge in [-0.25, -0.2) is 9.37 Å². The summed E-state index contributed by atoms with van der Waals surface area (Å²) >= 11 is 0. The first kappa shape index (κ1) is 12.0. The SMILES string of the molecule is Nc1nc2cc(F)ccc2n1CCNC(=O)C1CC1. The van der Waals surface area contributed by atoms with E-state index < -0.39 is 0 Å². The molecule has 5 nitrogen and oxygen atoms in total. The fourth-order valence-electron chi connectivity index (χ4n) is 2.14. The number of anilines is 1. The van der Waals surface area contributed by atoms with Gasteiger partial charge in [0.05, 0.1) is 11.0 Å². The molecule has 6 heteroatoms. The molecule has 1 fully saturated rings. The molecule has 1 aromatic heterocycles. The van der Waals surface area contributed by atoms with Gasteiger partial charge in [0.2, 0.25) is 11.9 Å². The third-order valence-corrected chi connectivity index (χ3v) is 3.32. The zero-order valence-electron chi connectivity index (χ0n) is 10.4. The first-order valence-electron chi connectivity index (χ1n) is 6.34. The Kier molecular flexibility index (Phi) is 2.85. The van der Waals surface area contributed by atoms with Crippen molar-refractivity contribution in [1.29, 1.82) is 0 Å². The molecule has 19 heavy (non-hydrogen) atoms. The van der Waals surface area contributed by atoms with Crippen molar-refractivity contribution in [2.75, 3.05) is 12.3 Å². The highest BCUT2D eigenvalue weighted by Crippen LogP contribution is 2.28. The minimum Gasteiger partial charge on any atom is -0.369 e. The molecule has 0 spiro atoms. The van der Waals surface area contributed by atoms with Crippen molar-refractivity contribution in [1.82, 2.24) is 14.9 Å². The van der Waals surface area contributed by atoms with E-state index in [2.05, 4.69) is 10.3 Å². The number of hydrogen-bond donors (Lipinski definition) is 2. The fourth-order valence-corrected chi connectivity index (χ4v) is 2.14. The number of imidazole rings is 1. The molecular formula is C13H15FN4O. The van der Waals surface area contributed by atoms with E-state index in [1.54, 1.807) is 10.6 Å². The maximum atomic E-state index is 13.1. The summed E-state index contributed by atoms with van der Waals surface area (Å²) < 4.78 is 14.9. The number of nitrogens with one attached hydrogen (secondary N) is 1. The Morgan fingerprint density at radius 3 is 3.05 bits per heavy atom.